The van der Waals surface area contributed by atoms with Gasteiger partial charge in [-0.05, 0) is 56.2 Å². The van der Waals surface area contributed by atoms with Gasteiger partial charge in [-0.25, -0.2) is 4.98 Å². The van der Waals surface area contributed by atoms with E-state index in [1.165, 1.54) is 20.9 Å². The Morgan fingerprint density at radius 2 is 1.95 bits per heavy atom. The number of imidazole rings is 1. The van der Waals surface area contributed by atoms with Gasteiger partial charge in [0, 0.05) is 16.3 Å². The highest BCUT2D eigenvalue weighted by Gasteiger charge is 2.16. The molecule has 0 bridgehead atoms. The van der Waals surface area contributed by atoms with Gasteiger partial charge in [0.1, 0.15) is 0 Å². The molecule has 0 fully saturated rings. The van der Waals surface area contributed by atoms with Crippen LogP contribution in [-0.4, -0.2) is 16.1 Å². The molecule has 3 nitrogen and oxygen atoms in total. The van der Waals surface area contributed by atoms with Crippen LogP contribution in [0.1, 0.15) is 26.9 Å². The number of hydrogen-bond acceptors (Lipinski definition) is 3. The summed E-state index contributed by atoms with van der Waals surface area (Å²) in [5, 5.41) is 0. The lowest BCUT2D eigenvalue weighted by Crippen LogP contribution is -2.18. The fourth-order valence-electron chi connectivity index (χ4n) is 2.53. The zero-order valence-corrected chi connectivity index (χ0v) is 12.9. The summed E-state index contributed by atoms with van der Waals surface area (Å²) in [4.78, 5) is 7.14. The smallest absolute Gasteiger partial charge is 0.0964 e. The minimum absolute atomic E-state index is 0.167. The van der Waals surface area contributed by atoms with Crippen molar-refractivity contribution in [3.63, 3.8) is 0 Å². The summed E-state index contributed by atoms with van der Waals surface area (Å²) < 4.78 is 2.20. The molecule has 2 aromatic heterocycles. The third-order valence-corrected chi connectivity index (χ3v) is 4.94. The van der Waals surface area contributed by atoms with Crippen molar-refractivity contribution < 1.29 is 0 Å². The van der Waals surface area contributed by atoms with Crippen LogP contribution in [0, 0.1) is 20.8 Å². The minimum atomic E-state index is 0.167. The maximum atomic E-state index is 6.02. The van der Waals surface area contributed by atoms with E-state index in [2.05, 4.69) is 54.6 Å². The molecule has 0 aliphatic rings. The van der Waals surface area contributed by atoms with Crippen molar-refractivity contribution in [1.29, 1.82) is 0 Å². The number of thiophene rings is 1. The van der Waals surface area contributed by atoms with Crippen molar-refractivity contribution in [2.45, 2.75) is 26.8 Å². The Morgan fingerprint density at radius 1 is 1.20 bits per heavy atom. The summed E-state index contributed by atoms with van der Waals surface area (Å²) in [6.07, 6.45) is 1.91. The van der Waals surface area contributed by atoms with Crippen molar-refractivity contribution in [1.82, 2.24) is 9.55 Å². The molecule has 2 N–H and O–H groups in total. The van der Waals surface area contributed by atoms with Gasteiger partial charge in [-0.15, -0.1) is 11.3 Å². The SMILES string of the molecule is Cc1ccc(C(CN)n2cnc3cc(C)c(C)cc32)s1. The molecular formula is C16H19N3S. The predicted molar refractivity (Wildman–Crippen MR) is 85.5 cm³/mol. The Morgan fingerprint density at radius 3 is 2.60 bits per heavy atom. The number of nitrogens with two attached hydrogens (primary N) is 1. The molecular weight excluding hydrogens is 266 g/mol. The van der Waals surface area contributed by atoms with Crippen LogP contribution in [0.15, 0.2) is 30.6 Å². The highest BCUT2D eigenvalue weighted by Crippen LogP contribution is 2.29. The number of fused-ring (bicyclic) bond motifs is 1. The first-order valence-electron chi connectivity index (χ1n) is 6.80. The molecule has 20 heavy (non-hydrogen) atoms. The summed E-state index contributed by atoms with van der Waals surface area (Å²) in [5.74, 6) is 0. The maximum Gasteiger partial charge on any atom is 0.0964 e. The van der Waals surface area contributed by atoms with Gasteiger partial charge in [-0.3, -0.25) is 0 Å². The van der Waals surface area contributed by atoms with E-state index >= 15 is 0 Å². The van der Waals surface area contributed by atoms with Crippen LogP contribution in [0.5, 0.6) is 0 Å². The van der Waals surface area contributed by atoms with Gasteiger partial charge in [0.05, 0.1) is 23.4 Å². The van der Waals surface area contributed by atoms with E-state index in [1.807, 2.05) is 6.33 Å². The number of aromatic nitrogens is 2. The van der Waals surface area contributed by atoms with Crippen molar-refractivity contribution in [2.75, 3.05) is 6.54 Å². The van der Waals surface area contributed by atoms with Gasteiger partial charge >= 0.3 is 0 Å². The Balaban J connectivity index is 2.15. The van der Waals surface area contributed by atoms with Crippen LogP contribution in [0.2, 0.25) is 0 Å². The lowest BCUT2D eigenvalue weighted by atomic mass is 10.1. The normalized spacial score (nSPS) is 13.0. The highest BCUT2D eigenvalue weighted by molar-refractivity contribution is 7.12. The third kappa shape index (κ3) is 2.15. The van der Waals surface area contributed by atoms with Crippen molar-refractivity contribution in [2.24, 2.45) is 5.73 Å². The summed E-state index contributed by atoms with van der Waals surface area (Å²) in [6.45, 7) is 6.97. The number of hydrogen-bond donors (Lipinski definition) is 1. The zero-order chi connectivity index (χ0) is 14.3. The molecule has 104 valence electrons. The monoisotopic (exact) mass is 285 g/mol. The minimum Gasteiger partial charge on any atom is -0.328 e. The highest BCUT2D eigenvalue weighted by atomic mass is 32.1. The fraction of sp³-hybridized carbons (Fsp3) is 0.312. The van der Waals surface area contributed by atoms with Gasteiger partial charge in [-0.2, -0.15) is 0 Å². The molecule has 0 spiro atoms. The van der Waals surface area contributed by atoms with Crippen molar-refractivity contribution >= 4 is 22.4 Å². The van der Waals surface area contributed by atoms with Crippen LogP contribution in [0.25, 0.3) is 11.0 Å². The summed E-state index contributed by atoms with van der Waals surface area (Å²) in [7, 11) is 0. The molecule has 0 radical (unpaired) electrons. The summed E-state index contributed by atoms with van der Waals surface area (Å²) >= 11 is 1.81. The first-order valence-corrected chi connectivity index (χ1v) is 7.62. The molecule has 0 saturated carbocycles. The third-order valence-electron chi connectivity index (χ3n) is 3.84. The van der Waals surface area contributed by atoms with Gasteiger partial charge in [0.15, 0.2) is 0 Å². The first kappa shape index (κ1) is 13.3. The van der Waals surface area contributed by atoms with Gasteiger partial charge in [0.2, 0.25) is 0 Å². The fourth-order valence-corrected chi connectivity index (χ4v) is 3.52. The largest absolute Gasteiger partial charge is 0.328 e. The first-order chi connectivity index (χ1) is 9.60. The van der Waals surface area contributed by atoms with Crippen LogP contribution in [0.4, 0.5) is 0 Å². The van der Waals surface area contributed by atoms with E-state index in [9.17, 15) is 0 Å². The molecule has 0 amide bonds. The Kier molecular flexibility index (Phi) is 3.36. The molecule has 2 heterocycles. The van der Waals surface area contributed by atoms with Crippen LogP contribution in [-0.2, 0) is 0 Å². The van der Waals surface area contributed by atoms with Crippen molar-refractivity contribution in [3.8, 4) is 0 Å². The second-order valence-electron chi connectivity index (χ2n) is 5.28. The van der Waals surface area contributed by atoms with E-state index in [0.29, 0.717) is 6.54 Å². The number of rotatable bonds is 3. The average molecular weight is 285 g/mol. The van der Waals surface area contributed by atoms with E-state index in [1.54, 1.807) is 11.3 Å². The zero-order valence-electron chi connectivity index (χ0n) is 12.1. The van der Waals surface area contributed by atoms with E-state index in [0.717, 1.165) is 11.0 Å². The molecule has 0 aliphatic carbocycles. The van der Waals surface area contributed by atoms with Crippen molar-refractivity contribution in [3.05, 3.63) is 51.5 Å². The Labute approximate surface area is 123 Å². The Hall–Kier alpha value is -1.65. The lowest BCUT2D eigenvalue weighted by molar-refractivity contribution is 0.620. The maximum absolute atomic E-state index is 6.02. The van der Waals surface area contributed by atoms with Crippen LogP contribution >= 0.6 is 11.3 Å². The van der Waals surface area contributed by atoms with E-state index < -0.39 is 0 Å². The molecule has 1 unspecified atom stereocenters. The second kappa shape index (κ2) is 5.04. The molecule has 0 saturated heterocycles. The molecule has 0 aliphatic heterocycles. The standard InChI is InChI=1S/C16H19N3S/c1-10-6-13-14(7-11(10)2)19(9-18-13)15(8-17)16-5-4-12(3)20-16/h4-7,9,15H,8,17H2,1-3H3. The molecule has 3 rings (SSSR count). The quantitative estimate of drug-likeness (QED) is 0.799. The number of benzene rings is 1. The second-order valence-corrected chi connectivity index (χ2v) is 6.60. The topological polar surface area (TPSA) is 43.8 Å². The van der Waals surface area contributed by atoms with Crippen LogP contribution in [0.3, 0.4) is 0 Å². The summed E-state index contributed by atoms with van der Waals surface area (Å²) in [5.41, 5.74) is 10.8. The average Bonchev–Trinajstić information content (AvgIpc) is 3.00. The van der Waals surface area contributed by atoms with E-state index in [4.69, 9.17) is 5.73 Å². The summed E-state index contributed by atoms with van der Waals surface area (Å²) in [6, 6.07) is 8.84. The lowest BCUT2D eigenvalue weighted by Gasteiger charge is -2.16. The molecule has 3 aromatic rings. The molecule has 1 aromatic carbocycles. The van der Waals surface area contributed by atoms with Crippen LogP contribution < -0.4 is 5.73 Å². The van der Waals surface area contributed by atoms with E-state index in [-0.39, 0.29) is 6.04 Å². The predicted octanol–water partition coefficient (Wildman–Crippen LogP) is 3.57. The number of aryl methyl sites for hydroxylation is 3. The Bertz CT molecular complexity index is 754. The van der Waals surface area contributed by atoms with Gasteiger partial charge in [-0.1, -0.05) is 0 Å². The van der Waals surface area contributed by atoms with Gasteiger partial charge in [0.25, 0.3) is 0 Å². The van der Waals surface area contributed by atoms with Gasteiger partial charge < -0.3 is 10.3 Å². The number of nitrogens with zero attached hydrogens (tertiary/aromatic N) is 2. The molecule has 1 atom stereocenters. The molecule has 4 heteroatoms.